The Hall–Kier alpha value is -1.99. The molecule has 1 aliphatic rings. The number of hydrogen-bond donors (Lipinski definition) is 1. The molecule has 114 valence electrons. The van der Waals surface area contributed by atoms with Gasteiger partial charge in [-0.05, 0) is 30.4 Å². The normalized spacial score (nSPS) is 19.2. The summed E-state index contributed by atoms with van der Waals surface area (Å²) >= 11 is 1.80. The van der Waals surface area contributed by atoms with Crippen LogP contribution in [0, 0.1) is 6.92 Å². The van der Waals surface area contributed by atoms with Crippen LogP contribution in [0.15, 0.2) is 28.8 Å². The molecule has 4 rings (SSSR count). The lowest BCUT2D eigenvalue weighted by atomic mass is 10.2. The predicted octanol–water partition coefficient (Wildman–Crippen LogP) is 1.94. The number of nitrogens with one attached hydrogen (secondary N) is 1. The summed E-state index contributed by atoms with van der Waals surface area (Å²) in [7, 11) is 0. The van der Waals surface area contributed by atoms with E-state index in [0.717, 1.165) is 26.1 Å². The lowest BCUT2D eigenvalue weighted by Gasteiger charge is -2.16. The minimum Gasteiger partial charge on any atom is -0.303 e. The molecule has 3 aromatic rings. The summed E-state index contributed by atoms with van der Waals surface area (Å²) in [5.41, 5.74) is 2.68. The van der Waals surface area contributed by atoms with E-state index in [4.69, 9.17) is 0 Å². The molecule has 3 aromatic heterocycles. The molecule has 0 aromatic carbocycles. The van der Waals surface area contributed by atoms with Crippen LogP contribution in [0.4, 0.5) is 0 Å². The van der Waals surface area contributed by atoms with Crippen LogP contribution in [0.2, 0.25) is 0 Å². The molecular formula is C15H17N5OS. The molecule has 1 fully saturated rings. The molecule has 7 heteroatoms. The Morgan fingerprint density at radius 1 is 1.50 bits per heavy atom. The van der Waals surface area contributed by atoms with Gasteiger partial charge in [0.1, 0.15) is 11.8 Å². The van der Waals surface area contributed by atoms with Crippen molar-refractivity contribution in [2.24, 2.45) is 0 Å². The van der Waals surface area contributed by atoms with E-state index in [-0.39, 0.29) is 11.7 Å². The maximum Gasteiger partial charge on any atom is 0.328 e. The van der Waals surface area contributed by atoms with Crippen molar-refractivity contribution >= 4 is 22.5 Å². The summed E-state index contributed by atoms with van der Waals surface area (Å²) < 4.78 is 1.79. The van der Waals surface area contributed by atoms with Gasteiger partial charge >= 0.3 is 5.69 Å². The van der Waals surface area contributed by atoms with Gasteiger partial charge in [-0.1, -0.05) is 0 Å². The Bertz CT molecular complexity index is 864. The van der Waals surface area contributed by atoms with Gasteiger partial charge in [0, 0.05) is 24.5 Å². The molecule has 1 aliphatic heterocycles. The highest BCUT2D eigenvalue weighted by Crippen LogP contribution is 2.26. The van der Waals surface area contributed by atoms with Gasteiger partial charge in [-0.3, -0.25) is 9.47 Å². The van der Waals surface area contributed by atoms with Crippen LogP contribution in [-0.4, -0.2) is 37.5 Å². The largest absolute Gasteiger partial charge is 0.328 e. The smallest absolute Gasteiger partial charge is 0.303 e. The van der Waals surface area contributed by atoms with Crippen molar-refractivity contribution in [1.82, 2.24) is 24.4 Å². The second-order valence-electron chi connectivity index (χ2n) is 5.76. The zero-order chi connectivity index (χ0) is 15.1. The van der Waals surface area contributed by atoms with Gasteiger partial charge in [-0.2, -0.15) is 0 Å². The van der Waals surface area contributed by atoms with Crippen LogP contribution in [0.25, 0.3) is 11.2 Å². The summed E-state index contributed by atoms with van der Waals surface area (Å²) in [5.74, 6) is 0. The molecule has 1 saturated heterocycles. The van der Waals surface area contributed by atoms with Crippen molar-refractivity contribution in [3.63, 3.8) is 0 Å². The quantitative estimate of drug-likeness (QED) is 0.802. The van der Waals surface area contributed by atoms with Gasteiger partial charge in [-0.15, -0.1) is 11.3 Å². The number of thiophene rings is 1. The molecule has 6 nitrogen and oxygen atoms in total. The van der Waals surface area contributed by atoms with Gasteiger partial charge in [0.05, 0.1) is 12.2 Å². The van der Waals surface area contributed by atoms with Crippen LogP contribution in [-0.2, 0) is 6.54 Å². The predicted molar refractivity (Wildman–Crippen MR) is 86.1 cm³/mol. The number of aromatic nitrogens is 4. The minimum atomic E-state index is -0.0883. The molecule has 1 unspecified atom stereocenters. The zero-order valence-corrected chi connectivity index (χ0v) is 13.1. The highest BCUT2D eigenvalue weighted by atomic mass is 32.1. The molecule has 0 radical (unpaired) electrons. The third-order valence-corrected chi connectivity index (χ3v) is 5.34. The molecule has 4 heterocycles. The van der Waals surface area contributed by atoms with E-state index in [9.17, 15) is 4.79 Å². The van der Waals surface area contributed by atoms with E-state index in [0.29, 0.717) is 11.2 Å². The first-order chi connectivity index (χ1) is 10.7. The zero-order valence-electron chi connectivity index (χ0n) is 12.3. The first-order valence-corrected chi connectivity index (χ1v) is 8.26. The van der Waals surface area contributed by atoms with Crippen LogP contribution in [0.3, 0.4) is 0 Å². The molecule has 0 aliphatic carbocycles. The number of fused-ring (bicyclic) bond motifs is 1. The number of hydrogen-bond acceptors (Lipinski definition) is 5. The topological polar surface area (TPSA) is 66.8 Å². The summed E-state index contributed by atoms with van der Waals surface area (Å²) in [4.78, 5) is 27.1. The lowest BCUT2D eigenvalue weighted by Crippen LogP contribution is -2.26. The number of aryl methyl sites for hydroxylation is 1. The molecule has 1 atom stereocenters. The van der Waals surface area contributed by atoms with Crippen molar-refractivity contribution in [2.45, 2.75) is 25.9 Å². The van der Waals surface area contributed by atoms with Gasteiger partial charge < -0.3 is 4.98 Å². The maximum absolute atomic E-state index is 12.2. The summed E-state index contributed by atoms with van der Waals surface area (Å²) in [6.45, 7) is 5.01. The lowest BCUT2D eigenvalue weighted by molar-refractivity contribution is 0.318. The molecule has 0 amide bonds. The molecule has 1 N–H and O–H groups in total. The van der Waals surface area contributed by atoms with E-state index in [1.165, 1.54) is 16.8 Å². The molecular weight excluding hydrogens is 298 g/mol. The Balaban J connectivity index is 1.58. The standard InChI is InChI=1S/C15H17N5OS/c1-10-3-5-22-13(10)8-19-4-2-11(7-19)20-14-12(18-15(20)21)6-16-9-17-14/h3,5-6,9,11H,2,4,7-8H2,1H3,(H,18,21). The van der Waals surface area contributed by atoms with E-state index < -0.39 is 0 Å². The van der Waals surface area contributed by atoms with E-state index in [1.807, 2.05) is 0 Å². The van der Waals surface area contributed by atoms with Crippen molar-refractivity contribution in [2.75, 3.05) is 13.1 Å². The molecule has 0 saturated carbocycles. The molecule has 0 bridgehead atoms. The summed E-state index contributed by atoms with van der Waals surface area (Å²) in [6.07, 6.45) is 4.12. The van der Waals surface area contributed by atoms with E-state index in [2.05, 4.69) is 38.2 Å². The monoisotopic (exact) mass is 315 g/mol. The van der Waals surface area contributed by atoms with Crippen molar-refractivity contribution in [3.05, 3.63) is 44.9 Å². The highest BCUT2D eigenvalue weighted by molar-refractivity contribution is 7.10. The average Bonchev–Trinajstić information content (AvgIpc) is 3.19. The van der Waals surface area contributed by atoms with Crippen LogP contribution < -0.4 is 5.69 Å². The maximum atomic E-state index is 12.2. The van der Waals surface area contributed by atoms with E-state index >= 15 is 0 Å². The van der Waals surface area contributed by atoms with E-state index in [1.54, 1.807) is 22.1 Å². The second kappa shape index (κ2) is 5.33. The van der Waals surface area contributed by atoms with Gasteiger partial charge in [0.2, 0.25) is 0 Å². The van der Waals surface area contributed by atoms with Gasteiger partial charge in [-0.25, -0.2) is 14.8 Å². The third-order valence-electron chi connectivity index (χ3n) is 4.33. The first-order valence-electron chi connectivity index (χ1n) is 7.38. The van der Waals surface area contributed by atoms with Gasteiger partial charge in [0.15, 0.2) is 5.65 Å². The molecule has 0 spiro atoms. The summed E-state index contributed by atoms with van der Waals surface area (Å²) in [5, 5.41) is 2.14. The second-order valence-corrected chi connectivity index (χ2v) is 6.77. The fourth-order valence-electron chi connectivity index (χ4n) is 3.15. The van der Waals surface area contributed by atoms with Crippen LogP contribution >= 0.6 is 11.3 Å². The third kappa shape index (κ3) is 2.26. The fourth-order valence-corrected chi connectivity index (χ4v) is 4.10. The average molecular weight is 315 g/mol. The number of imidazole rings is 1. The Labute approximate surface area is 131 Å². The highest BCUT2D eigenvalue weighted by Gasteiger charge is 2.27. The minimum absolute atomic E-state index is 0.0883. The SMILES string of the molecule is Cc1ccsc1CN1CCC(n2c(=O)[nH]c3cncnc32)C1. The Morgan fingerprint density at radius 2 is 2.41 bits per heavy atom. The van der Waals surface area contributed by atoms with Crippen molar-refractivity contribution < 1.29 is 0 Å². The van der Waals surface area contributed by atoms with Crippen LogP contribution in [0.1, 0.15) is 22.9 Å². The Morgan fingerprint density at radius 3 is 3.23 bits per heavy atom. The number of H-pyrrole nitrogens is 1. The number of likely N-dealkylation sites (tertiary alicyclic amines) is 1. The van der Waals surface area contributed by atoms with Crippen molar-refractivity contribution in [3.8, 4) is 0 Å². The number of nitrogens with zero attached hydrogens (tertiary/aromatic N) is 4. The summed E-state index contributed by atoms with van der Waals surface area (Å²) in [6, 6.07) is 2.34. The van der Waals surface area contributed by atoms with Gasteiger partial charge in [0.25, 0.3) is 0 Å². The Kier molecular flexibility index (Phi) is 3.31. The molecule has 22 heavy (non-hydrogen) atoms. The first kappa shape index (κ1) is 13.7. The van der Waals surface area contributed by atoms with Crippen molar-refractivity contribution in [1.29, 1.82) is 0 Å². The number of aromatic amines is 1. The number of rotatable bonds is 3. The fraction of sp³-hybridized carbons (Fsp3) is 0.400. The van der Waals surface area contributed by atoms with Crippen LogP contribution in [0.5, 0.6) is 0 Å².